The van der Waals surface area contributed by atoms with Crippen molar-refractivity contribution >= 4 is 29.9 Å². The van der Waals surface area contributed by atoms with Crippen LogP contribution >= 0.6 is 24.0 Å². The molecule has 5 nitrogen and oxygen atoms in total. The zero-order valence-electron chi connectivity index (χ0n) is 14.3. The molecule has 1 atom stereocenters. The number of aliphatic imine (C=N–C) groups is 1. The first-order valence-electron chi connectivity index (χ1n) is 7.46. The molecule has 7 heteroatoms. The van der Waals surface area contributed by atoms with Gasteiger partial charge in [-0.15, -0.1) is 24.0 Å². The third kappa shape index (κ3) is 5.12. The van der Waals surface area contributed by atoms with Gasteiger partial charge >= 0.3 is 0 Å². The van der Waals surface area contributed by atoms with Gasteiger partial charge in [0.05, 0.1) is 19.7 Å². The van der Waals surface area contributed by atoms with Gasteiger partial charge in [-0.2, -0.15) is 0 Å². The van der Waals surface area contributed by atoms with Crippen molar-refractivity contribution in [1.82, 2.24) is 15.2 Å². The Balaban J connectivity index is 0.00000288. The van der Waals surface area contributed by atoms with Crippen molar-refractivity contribution in [2.75, 3.05) is 14.2 Å². The summed E-state index contributed by atoms with van der Waals surface area (Å²) in [7, 11) is 5.16. The van der Waals surface area contributed by atoms with Gasteiger partial charge in [0.15, 0.2) is 17.5 Å². The molecule has 0 saturated carbocycles. The molecule has 0 aliphatic carbocycles. The zero-order chi connectivity index (χ0) is 16.8. The van der Waals surface area contributed by atoms with Gasteiger partial charge in [0.1, 0.15) is 0 Å². The van der Waals surface area contributed by atoms with Gasteiger partial charge in [-0.05, 0) is 36.8 Å². The SMILES string of the molecule is CN=C(NCc1cccn1C)NC(C)c1ccc(OC)c(F)c1.I. The molecule has 0 saturated heterocycles. The molecule has 2 aromatic rings. The van der Waals surface area contributed by atoms with E-state index in [1.54, 1.807) is 13.1 Å². The van der Waals surface area contributed by atoms with E-state index in [1.165, 1.54) is 13.2 Å². The van der Waals surface area contributed by atoms with Crippen LogP contribution in [0.4, 0.5) is 4.39 Å². The molecule has 2 rings (SSSR count). The summed E-state index contributed by atoms with van der Waals surface area (Å²) in [6.07, 6.45) is 2.00. The average Bonchev–Trinajstić information content (AvgIpc) is 2.96. The van der Waals surface area contributed by atoms with Crippen LogP contribution in [0.3, 0.4) is 0 Å². The average molecular weight is 446 g/mol. The Kier molecular flexibility index (Phi) is 8.03. The first-order valence-corrected chi connectivity index (χ1v) is 7.46. The minimum absolute atomic E-state index is 0. The first kappa shape index (κ1) is 20.3. The van der Waals surface area contributed by atoms with E-state index in [2.05, 4.69) is 15.6 Å². The van der Waals surface area contributed by atoms with Crippen molar-refractivity contribution in [3.05, 3.63) is 53.6 Å². The van der Waals surface area contributed by atoms with E-state index in [9.17, 15) is 4.39 Å². The monoisotopic (exact) mass is 446 g/mol. The molecule has 0 radical (unpaired) electrons. The van der Waals surface area contributed by atoms with Gasteiger partial charge in [0.2, 0.25) is 0 Å². The fraction of sp³-hybridized carbons (Fsp3) is 0.353. The van der Waals surface area contributed by atoms with Gasteiger partial charge in [-0.25, -0.2) is 4.39 Å². The van der Waals surface area contributed by atoms with Crippen molar-refractivity contribution in [3.8, 4) is 5.75 Å². The number of hydrogen-bond donors (Lipinski definition) is 2. The number of nitrogens with one attached hydrogen (secondary N) is 2. The maximum atomic E-state index is 13.8. The number of aryl methyl sites for hydroxylation is 1. The Bertz CT molecular complexity index is 687. The highest BCUT2D eigenvalue weighted by Gasteiger charge is 2.11. The van der Waals surface area contributed by atoms with Gasteiger partial charge in [0, 0.05) is 26.0 Å². The zero-order valence-corrected chi connectivity index (χ0v) is 16.7. The molecule has 1 heterocycles. The van der Waals surface area contributed by atoms with Crippen LogP contribution in [-0.4, -0.2) is 24.7 Å². The lowest BCUT2D eigenvalue weighted by Crippen LogP contribution is -2.38. The second kappa shape index (κ2) is 9.51. The number of methoxy groups -OCH3 is 1. The highest BCUT2D eigenvalue weighted by Crippen LogP contribution is 2.21. The molecule has 2 N–H and O–H groups in total. The number of halogens is 2. The van der Waals surface area contributed by atoms with E-state index < -0.39 is 0 Å². The van der Waals surface area contributed by atoms with Crippen LogP contribution in [0.5, 0.6) is 5.75 Å². The summed E-state index contributed by atoms with van der Waals surface area (Å²) in [5.74, 6) is 0.535. The lowest BCUT2D eigenvalue weighted by Gasteiger charge is -2.19. The summed E-state index contributed by atoms with van der Waals surface area (Å²) in [6.45, 7) is 2.61. The molecule has 0 amide bonds. The third-order valence-electron chi connectivity index (χ3n) is 3.74. The number of nitrogens with zero attached hydrogens (tertiary/aromatic N) is 2. The van der Waals surface area contributed by atoms with E-state index in [-0.39, 0.29) is 41.6 Å². The third-order valence-corrected chi connectivity index (χ3v) is 3.74. The standard InChI is InChI=1S/C17H23FN4O.HI/c1-12(13-7-8-16(23-4)15(18)10-13)21-17(19-2)20-11-14-6-5-9-22(14)3;/h5-10,12H,11H2,1-4H3,(H2,19,20,21);1H. The molecule has 0 aliphatic rings. The molecule has 1 aromatic heterocycles. The topological polar surface area (TPSA) is 50.6 Å². The van der Waals surface area contributed by atoms with Crippen molar-refractivity contribution in [2.24, 2.45) is 12.0 Å². The summed E-state index contributed by atoms with van der Waals surface area (Å²) in [5.41, 5.74) is 1.97. The van der Waals surface area contributed by atoms with Crippen LogP contribution in [-0.2, 0) is 13.6 Å². The van der Waals surface area contributed by atoms with E-state index in [0.717, 1.165) is 11.3 Å². The normalized spacial score (nSPS) is 12.3. The minimum atomic E-state index is -0.370. The Hall–Kier alpha value is -1.77. The Morgan fingerprint density at radius 3 is 2.67 bits per heavy atom. The predicted octanol–water partition coefficient (Wildman–Crippen LogP) is 3.22. The number of aromatic nitrogens is 1. The smallest absolute Gasteiger partial charge is 0.191 e. The van der Waals surface area contributed by atoms with Crippen LogP contribution in [0.25, 0.3) is 0 Å². The highest BCUT2D eigenvalue weighted by atomic mass is 127. The lowest BCUT2D eigenvalue weighted by atomic mass is 10.1. The summed E-state index contributed by atoms with van der Waals surface area (Å²) in [4.78, 5) is 4.21. The largest absolute Gasteiger partial charge is 0.494 e. The molecule has 0 aliphatic heterocycles. The number of hydrogen-bond acceptors (Lipinski definition) is 2. The van der Waals surface area contributed by atoms with Gasteiger partial charge in [-0.1, -0.05) is 6.07 Å². The summed E-state index contributed by atoms with van der Waals surface area (Å²) < 4.78 is 20.8. The Morgan fingerprint density at radius 1 is 1.38 bits per heavy atom. The Labute approximate surface area is 159 Å². The van der Waals surface area contributed by atoms with Crippen molar-refractivity contribution in [2.45, 2.75) is 19.5 Å². The molecule has 24 heavy (non-hydrogen) atoms. The van der Waals surface area contributed by atoms with Crippen LogP contribution in [0.2, 0.25) is 0 Å². The second-order valence-electron chi connectivity index (χ2n) is 5.30. The van der Waals surface area contributed by atoms with Crippen LogP contribution in [0.1, 0.15) is 24.2 Å². The van der Waals surface area contributed by atoms with Crippen LogP contribution in [0, 0.1) is 5.82 Å². The van der Waals surface area contributed by atoms with E-state index in [1.807, 2.05) is 42.9 Å². The second-order valence-corrected chi connectivity index (χ2v) is 5.30. The molecule has 0 fully saturated rings. The predicted molar refractivity (Wildman–Crippen MR) is 106 cm³/mol. The fourth-order valence-corrected chi connectivity index (χ4v) is 2.29. The number of ether oxygens (including phenoxy) is 1. The number of benzene rings is 1. The first-order chi connectivity index (χ1) is 11.0. The summed E-state index contributed by atoms with van der Waals surface area (Å²) in [6, 6.07) is 8.89. The number of guanidine groups is 1. The van der Waals surface area contributed by atoms with Crippen molar-refractivity contribution in [1.29, 1.82) is 0 Å². The molecular formula is C17H24FIN4O. The lowest BCUT2D eigenvalue weighted by molar-refractivity contribution is 0.386. The fourth-order valence-electron chi connectivity index (χ4n) is 2.29. The van der Waals surface area contributed by atoms with Gasteiger partial charge < -0.3 is 19.9 Å². The molecular weight excluding hydrogens is 422 g/mol. The summed E-state index contributed by atoms with van der Waals surface area (Å²) >= 11 is 0. The number of rotatable bonds is 5. The molecule has 0 spiro atoms. The molecule has 1 unspecified atom stereocenters. The van der Waals surface area contributed by atoms with Crippen LogP contribution in [0.15, 0.2) is 41.5 Å². The van der Waals surface area contributed by atoms with E-state index in [4.69, 9.17) is 4.74 Å². The Morgan fingerprint density at radius 2 is 2.12 bits per heavy atom. The van der Waals surface area contributed by atoms with Crippen molar-refractivity contribution in [3.63, 3.8) is 0 Å². The van der Waals surface area contributed by atoms with E-state index in [0.29, 0.717) is 12.5 Å². The quantitative estimate of drug-likeness (QED) is 0.422. The van der Waals surface area contributed by atoms with Gasteiger partial charge in [-0.3, -0.25) is 4.99 Å². The maximum Gasteiger partial charge on any atom is 0.191 e. The molecule has 0 bridgehead atoms. The maximum absolute atomic E-state index is 13.8. The minimum Gasteiger partial charge on any atom is -0.494 e. The summed E-state index contributed by atoms with van der Waals surface area (Å²) in [5, 5.41) is 6.50. The van der Waals surface area contributed by atoms with E-state index >= 15 is 0 Å². The van der Waals surface area contributed by atoms with Gasteiger partial charge in [0.25, 0.3) is 0 Å². The highest BCUT2D eigenvalue weighted by molar-refractivity contribution is 14.0. The van der Waals surface area contributed by atoms with Crippen molar-refractivity contribution < 1.29 is 9.13 Å². The molecule has 132 valence electrons. The molecule has 1 aromatic carbocycles. The van der Waals surface area contributed by atoms with Crippen LogP contribution < -0.4 is 15.4 Å².